The van der Waals surface area contributed by atoms with Gasteiger partial charge in [-0.3, -0.25) is 0 Å². The highest BCUT2D eigenvalue weighted by atomic mass is 16.4. The minimum atomic E-state index is -1.08. The number of likely N-dealkylation sites (N-methyl/N-ethyl adjacent to an activating group) is 1. The summed E-state index contributed by atoms with van der Waals surface area (Å²) in [5.74, 6) is -1.08. The number of carboxylic acids is 1. The lowest BCUT2D eigenvalue weighted by Crippen LogP contribution is -2.43. The fourth-order valence-electron chi connectivity index (χ4n) is 2.76. The minimum Gasteiger partial charge on any atom is -0.477 e. The molecule has 2 rings (SSSR count). The third-order valence-corrected chi connectivity index (χ3v) is 3.62. The molecule has 7 heteroatoms. The number of anilines is 1. The van der Waals surface area contributed by atoms with Gasteiger partial charge in [0.05, 0.1) is 5.69 Å². The van der Waals surface area contributed by atoms with Crippen LogP contribution in [-0.2, 0) is 0 Å². The third kappa shape index (κ3) is 3.55. The maximum atomic E-state index is 12.4. The molecule has 2 amide bonds. The summed E-state index contributed by atoms with van der Waals surface area (Å²) in [7, 11) is 3.96. The number of hydrogen-bond donors (Lipinski definition) is 3. The molecule has 0 aliphatic carbocycles. The SMILES string of the molecule is Cc1cc(NC(=O)N2CCCC2CN(C)C)c(C(=O)O)[nH]1. The number of rotatable bonds is 4. The first-order chi connectivity index (χ1) is 9.88. The summed E-state index contributed by atoms with van der Waals surface area (Å²) in [4.78, 5) is 30.1. The molecule has 1 fully saturated rings. The highest BCUT2D eigenvalue weighted by molar-refractivity contribution is 5.99. The maximum absolute atomic E-state index is 12.4. The van der Waals surface area contributed by atoms with Crippen molar-refractivity contribution in [3.8, 4) is 0 Å². The molecule has 1 aromatic heterocycles. The Morgan fingerprint density at radius 1 is 1.52 bits per heavy atom. The highest BCUT2D eigenvalue weighted by Crippen LogP contribution is 2.22. The number of urea groups is 1. The molecule has 2 heterocycles. The first-order valence-corrected chi connectivity index (χ1v) is 7.03. The number of H-pyrrole nitrogens is 1. The number of carboxylic acid groups (broad SMARTS) is 1. The van der Waals surface area contributed by atoms with Gasteiger partial charge in [-0.25, -0.2) is 9.59 Å². The molecule has 0 aromatic carbocycles. The number of aromatic nitrogens is 1. The Balaban J connectivity index is 2.09. The second-order valence-corrected chi connectivity index (χ2v) is 5.73. The summed E-state index contributed by atoms with van der Waals surface area (Å²) in [5, 5.41) is 11.8. The quantitative estimate of drug-likeness (QED) is 0.786. The number of hydrogen-bond acceptors (Lipinski definition) is 3. The van der Waals surface area contributed by atoms with Gasteiger partial charge in [-0.15, -0.1) is 0 Å². The third-order valence-electron chi connectivity index (χ3n) is 3.62. The van der Waals surface area contributed by atoms with E-state index in [0.717, 1.165) is 19.4 Å². The summed E-state index contributed by atoms with van der Waals surface area (Å²) >= 11 is 0. The summed E-state index contributed by atoms with van der Waals surface area (Å²) in [6.07, 6.45) is 1.95. The maximum Gasteiger partial charge on any atom is 0.354 e. The van der Waals surface area contributed by atoms with Crippen LogP contribution >= 0.6 is 0 Å². The van der Waals surface area contributed by atoms with E-state index in [1.165, 1.54) is 0 Å². The normalized spacial score (nSPS) is 18.3. The van der Waals surface area contributed by atoms with E-state index < -0.39 is 5.97 Å². The summed E-state index contributed by atoms with van der Waals surface area (Å²) in [5.41, 5.74) is 1.04. The van der Waals surface area contributed by atoms with Crippen LogP contribution in [0.3, 0.4) is 0 Å². The Kier molecular flexibility index (Phi) is 4.52. The van der Waals surface area contributed by atoms with E-state index in [1.54, 1.807) is 17.9 Å². The molecule has 1 aliphatic rings. The van der Waals surface area contributed by atoms with Crippen molar-refractivity contribution < 1.29 is 14.7 Å². The minimum absolute atomic E-state index is 0.0178. The van der Waals surface area contributed by atoms with Gasteiger partial charge in [0.1, 0.15) is 5.69 Å². The van der Waals surface area contributed by atoms with E-state index in [9.17, 15) is 9.59 Å². The second kappa shape index (κ2) is 6.17. The molecular formula is C14H22N4O3. The van der Waals surface area contributed by atoms with Crippen LogP contribution in [0.4, 0.5) is 10.5 Å². The standard InChI is InChI=1S/C14H22N4O3/c1-9-7-11(12(15-9)13(19)20)16-14(21)18-6-4-5-10(18)8-17(2)3/h7,10,15H,4-6,8H2,1-3H3,(H,16,21)(H,19,20). The van der Waals surface area contributed by atoms with Crippen LogP contribution in [-0.4, -0.2) is 65.1 Å². The molecular weight excluding hydrogens is 272 g/mol. The summed E-state index contributed by atoms with van der Waals surface area (Å²) in [6, 6.07) is 1.58. The predicted octanol–water partition coefficient (Wildman–Crippen LogP) is 1.58. The molecule has 1 aromatic rings. The van der Waals surface area contributed by atoms with Crippen LogP contribution in [0.2, 0.25) is 0 Å². The molecule has 1 unspecified atom stereocenters. The smallest absolute Gasteiger partial charge is 0.354 e. The van der Waals surface area contributed by atoms with Crippen molar-refractivity contribution in [2.75, 3.05) is 32.5 Å². The van der Waals surface area contributed by atoms with E-state index in [1.807, 2.05) is 14.1 Å². The van der Waals surface area contributed by atoms with Gasteiger partial charge >= 0.3 is 12.0 Å². The van der Waals surface area contributed by atoms with Gasteiger partial charge in [0.2, 0.25) is 0 Å². The average molecular weight is 294 g/mol. The van der Waals surface area contributed by atoms with Crippen molar-refractivity contribution >= 4 is 17.7 Å². The predicted molar refractivity (Wildman–Crippen MR) is 79.8 cm³/mol. The van der Waals surface area contributed by atoms with Crippen molar-refractivity contribution in [1.82, 2.24) is 14.8 Å². The zero-order chi connectivity index (χ0) is 15.6. The molecule has 0 spiro atoms. The van der Waals surface area contributed by atoms with E-state index >= 15 is 0 Å². The second-order valence-electron chi connectivity index (χ2n) is 5.73. The summed E-state index contributed by atoms with van der Waals surface area (Å²) < 4.78 is 0. The fraction of sp³-hybridized carbons (Fsp3) is 0.571. The number of carbonyl (C=O) groups excluding carboxylic acids is 1. The van der Waals surface area contributed by atoms with Crippen LogP contribution in [0, 0.1) is 6.92 Å². The Labute approximate surface area is 123 Å². The van der Waals surface area contributed by atoms with Crippen LogP contribution in [0.25, 0.3) is 0 Å². The molecule has 7 nitrogen and oxygen atoms in total. The van der Waals surface area contributed by atoms with Crippen LogP contribution in [0.5, 0.6) is 0 Å². The number of carbonyl (C=O) groups is 2. The van der Waals surface area contributed by atoms with Crippen LogP contribution < -0.4 is 5.32 Å². The first kappa shape index (κ1) is 15.4. The highest BCUT2D eigenvalue weighted by Gasteiger charge is 2.29. The molecule has 1 aliphatic heterocycles. The van der Waals surface area contributed by atoms with Gasteiger partial charge in [0.15, 0.2) is 0 Å². The van der Waals surface area contributed by atoms with E-state index in [0.29, 0.717) is 17.9 Å². The van der Waals surface area contributed by atoms with Crippen molar-refractivity contribution in [2.24, 2.45) is 0 Å². The van der Waals surface area contributed by atoms with Crippen molar-refractivity contribution in [3.05, 3.63) is 17.5 Å². The Hall–Kier alpha value is -2.02. The van der Waals surface area contributed by atoms with Crippen molar-refractivity contribution in [3.63, 3.8) is 0 Å². The lowest BCUT2D eigenvalue weighted by atomic mass is 10.2. The molecule has 1 atom stereocenters. The lowest BCUT2D eigenvalue weighted by molar-refractivity contribution is 0.0692. The Morgan fingerprint density at radius 2 is 2.24 bits per heavy atom. The van der Waals surface area contributed by atoms with Gasteiger partial charge in [0, 0.05) is 24.8 Å². The zero-order valence-corrected chi connectivity index (χ0v) is 12.6. The molecule has 1 saturated heterocycles. The monoisotopic (exact) mass is 294 g/mol. The largest absolute Gasteiger partial charge is 0.477 e. The molecule has 0 bridgehead atoms. The number of likely N-dealkylation sites (tertiary alicyclic amines) is 1. The molecule has 3 N–H and O–H groups in total. The Morgan fingerprint density at radius 3 is 2.86 bits per heavy atom. The van der Waals surface area contributed by atoms with Gasteiger partial charge in [-0.05, 0) is 39.9 Å². The van der Waals surface area contributed by atoms with E-state index in [-0.39, 0.29) is 17.8 Å². The lowest BCUT2D eigenvalue weighted by Gasteiger charge is -2.27. The first-order valence-electron chi connectivity index (χ1n) is 7.03. The van der Waals surface area contributed by atoms with E-state index in [2.05, 4.69) is 15.2 Å². The topological polar surface area (TPSA) is 88.7 Å². The van der Waals surface area contributed by atoms with Crippen molar-refractivity contribution in [2.45, 2.75) is 25.8 Å². The Bertz CT molecular complexity index is 538. The number of nitrogens with zero attached hydrogens (tertiary/aromatic N) is 2. The zero-order valence-electron chi connectivity index (χ0n) is 12.6. The molecule has 21 heavy (non-hydrogen) atoms. The number of aryl methyl sites for hydroxylation is 1. The van der Waals surface area contributed by atoms with Crippen molar-refractivity contribution in [1.29, 1.82) is 0 Å². The summed E-state index contributed by atoms with van der Waals surface area (Å²) in [6.45, 7) is 3.27. The molecule has 116 valence electrons. The number of aromatic amines is 1. The average Bonchev–Trinajstić information content (AvgIpc) is 2.95. The number of nitrogens with one attached hydrogen (secondary N) is 2. The van der Waals surface area contributed by atoms with Crippen LogP contribution in [0.15, 0.2) is 6.07 Å². The van der Waals surface area contributed by atoms with Gasteiger partial charge in [-0.1, -0.05) is 0 Å². The van der Waals surface area contributed by atoms with Gasteiger partial charge < -0.3 is 25.2 Å². The van der Waals surface area contributed by atoms with Gasteiger partial charge in [0.25, 0.3) is 0 Å². The molecule has 0 radical (unpaired) electrons. The van der Waals surface area contributed by atoms with Gasteiger partial charge in [-0.2, -0.15) is 0 Å². The molecule has 0 saturated carbocycles. The number of amides is 2. The van der Waals surface area contributed by atoms with Crippen LogP contribution in [0.1, 0.15) is 29.0 Å². The fourth-order valence-corrected chi connectivity index (χ4v) is 2.76. The number of aromatic carboxylic acids is 1. The van der Waals surface area contributed by atoms with E-state index in [4.69, 9.17) is 5.11 Å².